The summed E-state index contributed by atoms with van der Waals surface area (Å²) in [6, 6.07) is 5.73. The molecule has 1 aromatic rings. The first-order valence-corrected chi connectivity index (χ1v) is 5.58. The predicted molar refractivity (Wildman–Crippen MR) is 72.4 cm³/mol. The van der Waals surface area contributed by atoms with Gasteiger partial charge in [-0.3, -0.25) is 10.8 Å². The van der Waals surface area contributed by atoms with Gasteiger partial charge in [-0.2, -0.15) is 10.4 Å². The van der Waals surface area contributed by atoms with Crippen molar-refractivity contribution in [3.05, 3.63) is 24.0 Å². The summed E-state index contributed by atoms with van der Waals surface area (Å²) in [5, 5.41) is 19.3. The normalized spacial score (nSPS) is 10.8. The number of amidine groups is 1. The topological polar surface area (TPSA) is 117 Å². The van der Waals surface area contributed by atoms with Crippen LogP contribution in [0.2, 0.25) is 0 Å². The molecule has 20 heavy (non-hydrogen) atoms. The highest BCUT2D eigenvalue weighted by Gasteiger charge is 2.05. The zero-order valence-corrected chi connectivity index (χ0v) is 10.8. The Morgan fingerprint density at radius 1 is 1.55 bits per heavy atom. The lowest BCUT2D eigenvalue weighted by Crippen LogP contribution is -2.21. The maximum atomic E-state index is 13.7. The number of rotatable bonds is 7. The summed E-state index contributed by atoms with van der Waals surface area (Å²) >= 11 is 0. The van der Waals surface area contributed by atoms with Crippen molar-refractivity contribution in [2.45, 2.75) is 0 Å². The van der Waals surface area contributed by atoms with Crippen LogP contribution >= 0.6 is 0 Å². The van der Waals surface area contributed by atoms with Crippen molar-refractivity contribution >= 4 is 17.2 Å². The number of nitrogens with zero attached hydrogens (tertiary/aromatic N) is 2. The molecule has 0 saturated carbocycles. The first kappa shape index (κ1) is 15.4. The van der Waals surface area contributed by atoms with Crippen LogP contribution in [-0.2, 0) is 4.74 Å². The number of hydrazone groups is 1. The molecule has 7 nitrogen and oxygen atoms in total. The van der Waals surface area contributed by atoms with Gasteiger partial charge < -0.3 is 15.2 Å². The second-order valence-electron chi connectivity index (χ2n) is 3.58. The Kier molecular flexibility index (Phi) is 5.93. The predicted octanol–water partition coefficient (Wildman–Crippen LogP) is 1.08. The van der Waals surface area contributed by atoms with E-state index < -0.39 is 11.7 Å². The summed E-state index contributed by atoms with van der Waals surface area (Å²) in [4.78, 5) is 0. The standard InChI is InChI=1S/C12H14FN5O2/c1-19-4-5-20-11-3-2-8(6-9(11)13)17-18-10(7-14)12(15)16/h2-3,6,17H,4-5H2,1H3,(H3,15,16)/b18-10+. The van der Waals surface area contributed by atoms with E-state index in [4.69, 9.17) is 25.9 Å². The molecule has 0 aromatic heterocycles. The molecule has 0 aliphatic carbocycles. The highest BCUT2D eigenvalue weighted by molar-refractivity contribution is 6.45. The fraction of sp³-hybridized carbons (Fsp3) is 0.250. The second kappa shape index (κ2) is 7.70. The van der Waals surface area contributed by atoms with Gasteiger partial charge in [0.15, 0.2) is 17.4 Å². The summed E-state index contributed by atoms with van der Waals surface area (Å²) in [6.45, 7) is 0.592. The van der Waals surface area contributed by atoms with E-state index in [1.807, 2.05) is 0 Å². The van der Waals surface area contributed by atoms with Crippen molar-refractivity contribution < 1.29 is 13.9 Å². The number of hydrogen-bond acceptors (Lipinski definition) is 6. The molecule has 8 heteroatoms. The van der Waals surface area contributed by atoms with E-state index in [0.717, 1.165) is 6.07 Å². The zero-order chi connectivity index (χ0) is 15.0. The fourth-order valence-corrected chi connectivity index (χ4v) is 1.19. The molecule has 0 atom stereocenters. The van der Waals surface area contributed by atoms with Crippen molar-refractivity contribution in [2.24, 2.45) is 10.8 Å². The molecule has 1 aromatic carbocycles. The van der Waals surface area contributed by atoms with Gasteiger partial charge >= 0.3 is 0 Å². The highest BCUT2D eigenvalue weighted by Crippen LogP contribution is 2.21. The quantitative estimate of drug-likeness (QED) is 0.299. The van der Waals surface area contributed by atoms with Crippen molar-refractivity contribution in [1.82, 2.24) is 0 Å². The number of nitrogens with two attached hydrogens (primary N) is 1. The van der Waals surface area contributed by atoms with Crippen molar-refractivity contribution in [3.8, 4) is 11.8 Å². The minimum Gasteiger partial charge on any atom is -0.488 e. The van der Waals surface area contributed by atoms with E-state index in [1.165, 1.54) is 19.2 Å². The number of anilines is 1. The van der Waals surface area contributed by atoms with Crippen molar-refractivity contribution in [2.75, 3.05) is 25.7 Å². The largest absolute Gasteiger partial charge is 0.488 e. The van der Waals surface area contributed by atoms with Gasteiger partial charge in [0, 0.05) is 13.2 Å². The monoisotopic (exact) mass is 279 g/mol. The molecule has 0 bridgehead atoms. The van der Waals surface area contributed by atoms with Crippen LogP contribution in [-0.4, -0.2) is 31.9 Å². The summed E-state index contributed by atoms with van der Waals surface area (Å²) in [5.74, 6) is -0.966. The van der Waals surface area contributed by atoms with Crippen molar-refractivity contribution in [1.29, 1.82) is 10.7 Å². The number of hydrogen-bond donors (Lipinski definition) is 3. The third kappa shape index (κ3) is 4.55. The number of benzene rings is 1. The van der Waals surface area contributed by atoms with Crippen LogP contribution < -0.4 is 15.9 Å². The van der Waals surface area contributed by atoms with E-state index in [1.54, 1.807) is 6.07 Å². The van der Waals surface area contributed by atoms with E-state index >= 15 is 0 Å². The van der Waals surface area contributed by atoms with E-state index in [2.05, 4.69) is 10.5 Å². The lowest BCUT2D eigenvalue weighted by Gasteiger charge is -2.08. The Morgan fingerprint density at radius 3 is 2.85 bits per heavy atom. The lowest BCUT2D eigenvalue weighted by molar-refractivity contribution is 0.144. The van der Waals surface area contributed by atoms with E-state index in [0.29, 0.717) is 12.3 Å². The second-order valence-corrected chi connectivity index (χ2v) is 3.58. The SMILES string of the molecule is COCCOc1ccc(N/N=C(\C#N)C(=N)N)cc1F. The van der Waals surface area contributed by atoms with Crippen LogP contribution in [0, 0.1) is 22.6 Å². The average Bonchev–Trinajstić information content (AvgIpc) is 2.41. The van der Waals surface area contributed by atoms with E-state index in [9.17, 15) is 4.39 Å². The van der Waals surface area contributed by atoms with Crippen LogP contribution in [0.1, 0.15) is 0 Å². The molecular formula is C12H14FN5O2. The molecule has 0 heterocycles. The van der Waals surface area contributed by atoms with Gasteiger partial charge in [-0.15, -0.1) is 0 Å². The van der Waals surface area contributed by atoms with Crippen LogP contribution in [0.15, 0.2) is 23.3 Å². The maximum absolute atomic E-state index is 13.7. The summed E-state index contributed by atoms with van der Waals surface area (Å²) in [7, 11) is 1.52. The van der Waals surface area contributed by atoms with Gasteiger partial charge in [0.05, 0.1) is 12.3 Å². The molecule has 1 rings (SSSR count). The molecule has 0 amide bonds. The molecule has 0 spiro atoms. The Labute approximate surface area is 115 Å². The summed E-state index contributed by atoms with van der Waals surface area (Å²) < 4.78 is 23.6. The van der Waals surface area contributed by atoms with Gasteiger partial charge in [-0.1, -0.05) is 0 Å². The van der Waals surface area contributed by atoms with Crippen LogP contribution in [0.4, 0.5) is 10.1 Å². The molecule has 0 radical (unpaired) electrons. The number of nitrogens with one attached hydrogen (secondary N) is 2. The first-order valence-electron chi connectivity index (χ1n) is 5.58. The molecular weight excluding hydrogens is 265 g/mol. The van der Waals surface area contributed by atoms with Crippen LogP contribution in [0.25, 0.3) is 0 Å². The Bertz CT molecular complexity index is 553. The zero-order valence-electron chi connectivity index (χ0n) is 10.8. The summed E-state index contributed by atoms with van der Waals surface area (Å²) in [5.41, 5.74) is 7.57. The smallest absolute Gasteiger partial charge is 0.201 e. The van der Waals surface area contributed by atoms with Gasteiger partial charge in [0.25, 0.3) is 0 Å². The molecule has 4 N–H and O–H groups in total. The lowest BCUT2D eigenvalue weighted by atomic mass is 10.3. The fourth-order valence-electron chi connectivity index (χ4n) is 1.19. The third-order valence-electron chi connectivity index (χ3n) is 2.13. The molecule has 106 valence electrons. The first-order chi connectivity index (χ1) is 9.58. The third-order valence-corrected chi connectivity index (χ3v) is 2.13. The van der Waals surface area contributed by atoms with Crippen LogP contribution in [0.5, 0.6) is 5.75 Å². The Balaban J connectivity index is 2.73. The van der Waals surface area contributed by atoms with Crippen LogP contribution in [0.3, 0.4) is 0 Å². The molecule has 0 saturated heterocycles. The number of ether oxygens (including phenoxy) is 2. The van der Waals surface area contributed by atoms with Gasteiger partial charge in [-0.05, 0) is 12.1 Å². The van der Waals surface area contributed by atoms with Gasteiger partial charge in [-0.25, -0.2) is 4.39 Å². The average molecular weight is 279 g/mol. The van der Waals surface area contributed by atoms with E-state index in [-0.39, 0.29) is 18.1 Å². The van der Waals surface area contributed by atoms with Crippen molar-refractivity contribution in [3.63, 3.8) is 0 Å². The summed E-state index contributed by atoms with van der Waals surface area (Å²) in [6.07, 6.45) is 0. The maximum Gasteiger partial charge on any atom is 0.201 e. The molecule has 0 aliphatic heterocycles. The molecule has 0 aliphatic rings. The number of methoxy groups -OCH3 is 1. The number of nitriles is 1. The molecule has 0 unspecified atom stereocenters. The number of halogens is 1. The Morgan fingerprint density at radius 2 is 2.30 bits per heavy atom. The Hall–Kier alpha value is -2.66. The van der Waals surface area contributed by atoms with Gasteiger partial charge in [0.1, 0.15) is 12.7 Å². The van der Waals surface area contributed by atoms with Gasteiger partial charge in [0.2, 0.25) is 5.71 Å². The highest BCUT2D eigenvalue weighted by atomic mass is 19.1. The minimum atomic E-state index is -0.581. The molecule has 0 fully saturated rings. The minimum absolute atomic E-state index is 0.0867.